The van der Waals surface area contributed by atoms with Gasteiger partial charge < -0.3 is 8.98 Å². The average Bonchev–Trinajstić information content (AvgIpc) is 3.92. The number of rotatable bonds is 4. The minimum atomic E-state index is 0.578. The third kappa shape index (κ3) is 4.68. The van der Waals surface area contributed by atoms with Gasteiger partial charge in [0, 0.05) is 53.0 Å². The lowest BCUT2D eigenvalue weighted by molar-refractivity contribution is 0.669. The quantitative estimate of drug-likeness (QED) is 0.182. The predicted molar refractivity (Wildman–Crippen MR) is 228 cm³/mol. The second kappa shape index (κ2) is 11.7. The molecule has 6 heteroatoms. The van der Waals surface area contributed by atoms with Crippen LogP contribution in [0.1, 0.15) is 0 Å². The molecule has 8 aromatic carbocycles. The van der Waals surface area contributed by atoms with E-state index in [1.807, 2.05) is 30.3 Å². The van der Waals surface area contributed by atoms with Crippen molar-refractivity contribution >= 4 is 86.0 Å². The van der Waals surface area contributed by atoms with Gasteiger partial charge in [0.15, 0.2) is 17.5 Å². The number of hydrogen-bond donors (Lipinski definition) is 0. The number of nitrogens with zero attached hydrogens (tertiary/aromatic N) is 4. The number of thiophene rings is 1. The molecule has 0 aliphatic carbocycles. The van der Waals surface area contributed by atoms with Gasteiger partial charge in [-0.25, -0.2) is 15.0 Å². The Labute approximate surface area is 318 Å². The first-order valence-corrected chi connectivity index (χ1v) is 19.2. The van der Waals surface area contributed by atoms with E-state index in [9.17, 15) is 0 Å². The fraction of sp³-hybridized carbons (Fsp3) is 0. The number of hydrogen-bond acceptors (Lipinski definition) is 5. The van der Waals surface area contributed by atoms with Crippen molar-refractivity contribution in [3.8, 4) is 39.9 Å². The topological polar surface area (TPSA) is 56.7 Å². The van der Waals surface area contributed by atoms with Gasteiger partial charge in [-0.3, -0.25) is 0 Å². The summed E-state index contributed by atoms with van der Waals surface area (Å²) in [5, 5.41) is 9.34. The van der Waals surface area contributed by atoms with Gasteiger partial charge in [-0.05, 0) is 71.4 Å². The molecule has 0 saturated heterocycles. The Bertz CT molecular complexity index is 3500. The molecule has 55 heavy (non-hydrogen) atoms. The van der Waals surface area contributed by atoms with E-state index in [0.717, 1.165) is 55.3 Å². The Kier molecular flexibility index (Phi) is 6.44. The Morgan fingerprint density at radius 3 is 1.91 bits per heavy atom. The molecule has 12 aromatic rings. The van der Waals surface area contributed by atoms with E-state index in [1.54, 1.807) is 11.3 Å². The molecule has 0 spiro atoms. The number of aromatic nitrogens is 4. The maximum atomic E-state index is 6.67. The van der Waals surface area contributed by atoms with Gasteiger partial charge in [-0.15, -0.1) is 11.3 Å². The van der Waals surface area contributed by atoms with E-state index in [0.29, 0.717) is 17.5 Å². The van der Waals surface area contributed by atoms with E-state index in [1.165, 1.54) is 41.7 Å². The second-order valence-corrected chi connectivity index (χ2v) is 15.1. The summed E-state index contributed by atoms with van der Waals surface area (Å²) in [5.41, 5.74) is 7.57. The van der Waals surface area contributed by atoms with Gasteiger partial charge in [0.25, 0.3) is 0 Å². The van der Waals surface area contributed by atoms with Crippen molar-refractivity contribution in [3.05, 3.63) is 170 Å². The van der Waals surface area contributed by atoms with Crippen LogP contribution in [0.2, 0.25) is 0 Å². The summed E-state index contributed by atoms with van der Waals surface area (Å²) in [7, 11) is 0. The van der Waals surface area contributed by atoms with Crippen LogP contribution >= 0.6 is 11.3 Å². The van der Waals surface area contributed by atoms with E-state index in [-0.39, 0.29) is 0 Å². The van der Waals surface area contributed by atoms with Crippen LogP contribution < -0.4 is 0 Å². The largest absolute Gasteiger partial charge is 0.456 e. The average molecular weight is 721 g/mol. The monoisotopic (exact) mass is 720 g/mol. The minimum absolute atomic E-state index is 0.578. The predicted octanol–water partition coefficient (Wildman–Crippen LogP) is 13.4. The smallest absolute Gasteiger partial charge is 0.164 e. The Morgan fingerprint density at radius 2 is 1.05 bits per heavy atom. The highest BCUT2D eigenvalue weighted by Crippen LogP contribution is 2.42. The molecule has 0 bridgehead atoms. The van der Waals surface area contributed by atoms with Crippen LogP contribution in [-0.2, 0) is 0 Å². The Balaban J connectivity index is 1.16. The zero-order valence-corrected chi connectivity index (χ0v) is 30.1. The van der Waals surface area contributed by atoms with Crippen LogP contribution in [0.25, 0.3) is 115 Å². The maximum absolute atomic E-state index is 6.67. The molecule has 0 aliphatic heterocycles. The Hall–Kier alpha value is -7.15. The highest BCUT2D eigenvalue weighted by molar-refractivity contribution is 7.25. The summed E-state index contributed by atoms with van der Waals surface area (Å²) in [6, 6.07) is 59.7. The van der Waals surface area contributed by atoms with E-state index in [2.05, 4.69) is 144 Å². The highest BCUT2D eigenvalue weighted by atomic mass is 32.1. The summed E-state index contributed by atoms with van der Waals surface area (Å²) in [5.74, 6) is 1.81. The summed E-state index contributed by atoms with van der Waals surface area (Å²) in [6.45, 7) is 0. The van der Waals surface area contributed by atoms with Crippen LogP contribution in [-0.4, -0.2) is 19.5 Å². The molecule has 0 atom stereocenters. The molecule has 256 valence electrons. The molecule has 4 heterocycles. The van der Waals surface area contributed by atoms with Crippen molar-refractivity contribution in [2.75, 3.05) is 0 Å². The molecule has 0 unspecified atom stereocenters. The first-order chi connectivity index (χ1) is 27.2. The fourth-order valence-electron chi connectivity index (χ4n) is 8.27. The summed E-state index contributed by atoms with van der Waals surface area (Å²) < 4.78 is 11.6. The van der Waals surface area contributed by atoms with Gasteiger partial charge in [-0.2, -0.15) is 0 Å². The van der Waals surface area contributed by atoms with Crippen molar-refractivity contribution in [3.63, 3.8) is 0 Å². The maximum Gasteiger partial charge on any atom is 0.164 e. The number of benzene rings is 8. The number of fused-ring (bicyclic) bond motifs is 10. The molecule has 4 aromatic heterocycles. The molecular formula is C49H28N4OS. The van der Waals surface area contributed by atoms with Gasteiger partial charge in [0.05, 0.1) is 22.1 Å². The zero-order valence-electron chi connectivity index (χ0n) is 29.3. The van der Waals surface area contributed by atoms with Gasteiger partial charge in [0.1, 0.15) is 11.2 Å². The minimum Gasteiger partial charge on any atom is -0.456 e. The summed E-state index contributed by atoms with van der Waals surface area (Å²) >= 11 is 1.80. The molecule has 0 aliphatic rings. The SMILES string of the molecule is c1ccc(-c2nc(-c3cc(-n4c5ccccc5c5cc6ccccc6cc54)c4c(c3)oc3ccccc34)nc(-c3ccc4sc5ccccc5c4c3)n2)cc1. The van der Waals surface area contributed by atoms with Gasteiger partial charge in [0.2, 0.25) is 0 Å². The van der Waals surface area contributed by atoms with Crippen molar-refractivity contribution in [2.24, 2.45) is 0 Å². The molecule has 0 fully saturated rings. The highest BCUT2D eigenvalue weighted by Gasteiger charge is 2.22. The fourth-order valence-corrected chi connectivity index (χ4v) is 9.35. The van der Waals surface area contributed by atoms with E-state index >= 15 is 0 Å². The molecule has 0 saturated carbocycles. The van der Waals surface area contributed by atoms with Gasteiger partial charge in [-0.1, -0.05) is 109 Å². The lowest BCUT2D eigenvalue weighted by Gasteiger charge is -2.13. The molecule has 0 radical (unpaired) electrons. The molecular weight excluding hydrogens is 693 g/mol. The third-order valence-electron chi connectivity index (χ3n) is 10.8. The first-order valence-electron chi connectivity index (χ1n) is 18.3. The molecule has 0 amide bonds. The standard InChI is InChI=1S/C49H28N4OS/c1-2-12-29(13-3-1)47-50-48(32-22-23-45-38(25-32)35-17-8-11-21-44(35)55-45)52-49(51-47)33-27-41(46-36-18-7-10-20-42(36)54-43(46)28-33)53-39-19-9-6-16-34(39)37-24-30-14-4-5-15-31(30)26-40(37)53/h1-28H. The van der Waals surface area contributed by atoms with Crippen LogP contribution in [0.3, 0.4) is 0 Å². The van der Waals surface area contributed by atoms with Crippen LogP contribution in [0.15, 0.2) is 174 Å². The molecule has 0 N–H and O–H groups in total. The molecule has 12 rings (SSSR count). The third-order valence-corrected chi connectivity index (χ3v) is 12.0. The van der Waals surface area contributed by atoms with E-state index < -0.39 is 0 Å². The van der Waals surface area contributed by atoms with Crippen LogP contribution in [0.5, 0.6) is 0 Å². The van der Waals surface area contributed by atoms with Crippen molar-refractivity contribution in [1.29, 1.82) is 0 Å². The van der Waals surface area contributed by atoms with Gasteiger partial charge >= 0.3 is 0 Å². The van der Waals surface area contributed by atoms with Crippen molar-refractivity contribution < 1.29 is 4.42 Å². The number of furan rings is 1. The summed E-state index contributed by atoms with van der Waals surface area (Å²) in [4.78, 5) is 15.5. The molecule has 5 nitrogen and oxygen atoms in total. The lowest BCUT2D eigenvalue weighted by Crippen LogP contribution is -2.01. The van der Waals surface area contributed by atoms with Crippen LogP contribution in [0, 0.1) is 0 Å². The van der Waals surface area contributed by atoms with Crippen molar-refractivity contribution in [1.82, 2.24) is 19.5 Å². The van der Waals surface area contributed by atoms with Crippen molar-refractivity contribution in [2.45, 2.75) is 0 Å². The normalized spacial score (nSPS) is 12.0. The van der Waals surface area contributed by atoms with E-state index in [4.69, 9.17) is 19.4 Å². The summed E-state index contributed by atoms with van der Waals surface area (Å²) in [6.07, 6.45) is 0. The number of para-hydroxylation sites is 2. The van der Waals surface area contributed by atoms with Crippen LogP contribution in [0.4, 0.5) is 0 Å². The Morgan fingerprint density at radius 1 is 0.400 bits per heavy atom. The zero-order chi connectivity index (χ0) is 36.0. The second-order valence-electron chi connectivity index (χ2n) is 14.0. The first kappa shape index (κ1) is 30.3. The lowest BCUT2D eigenvalue weighted by atomic mass is 10.0.